The molecule has 0 aliphatic rings. The van der Waals surface area contributed by atoms with E-state index in [4.69, 9.17) is 11.6 Å². The zero-order valence-corrected chi connectivity index (χ0v) is 6.43. The number of nitrogens with two attached hydrogens (primary N) is 2. The Labute approximate surface area is 66.6 Å². The fourth-order valence-corrected chi connectivity index (χ4v) is 1.87. The molecule has 0 spiro atoms. The molecule has 2 aromatic heterocycles. The van der Waals surface area contributed by atoms with Gasteiger partial charge in [-0.25, -0.2) is 4.68 Å². The number of thiophene rings is 1. The van der Waals surface area contributed by atoms with Crippen LogP contribution < -0.4 is 11.6 Å². The van der Waals surface area contributed by atoms with Gasteiger partial charge in [0, 0.05) is 0 Å². The van der Waals surface area contributed by atoms with E-state index in [1.165, 1.54) is 16.0 Å². The molecule has 5 N–H and O–H groups in total. The molecule has 58 valence electrons. The highest BCUT2D eigenvalue weighted by Gasteiger charge is 2.12. The fraction of sp³-hybridized carbons (Fsp3) is 0. The number of fused-ring (bicyclic) bond motifs is 1. The maximum Gasteiger partial charge on any atom is 0.168 e. The molecule has 2 heterocycles. The molecule has 0 saturated carbocycles. The molecule has 0 fully saturated rings. The summed E-state index contributed by atoms with van der Waals surface area (Å²) in [6, 6.07) is 1.79. The number of nitrogens with zero attached hydrogens (tertiary/aromatic N) is 1. The molecule has 0 aromatic carbocycles. The van der Waals surface area contributed by atoms with Gasteiger partial charge in [-0.3, -0.25) is 0 Å². The first kappa shape index (κ1) is 6.36. The van der Waals surface area contributed by atoms with E-state index in [0.29, 0.717) is 0 Å². The second kappa shape index (κ2) is 1.82. The van der Waals surface area contributed by atoms with Crippen molar-refractivity contribution < 1.29 is 5.11 Å². The van der Waals surface area contributed by atoms with Gasteiger partial charge in [-0.15, -0.1) is 11.3 Å². The summed E-state index contributed by atoms with van der Waals surface area (Å²) in [6.45, 7) is 0. The minimum Gasteiger partial charge on any atom is -0.504 e. The van der Waals surface area contributed by atoms with Crippen LogP contribution in [-0.2, 0) is 0 Å². The van der Waals surface area contributed by atoms with E-state index < -0.39 is 0 Å². The quantitative estimate of drug-likeness (QED) is 0.508. The van der Waals surface area contributed by atoms with Crippen LogP contribution in [0.25, 0.3) is 10.2 Å². The first-order chi connectivity index (χ1) is 5.22. The highest BCUT2D eigenvalue weighted by atomic mass is 32.1. The lowest BCUT2D eigenvalue weighted by Crippen LogP contribution is -2.09. The van der Waals surface area contributed by atoms with Crippen molar-refractivity contribution in [1.29, 1.82) is 0 Å². The van der Waals surface area contributed by atoms with Crippen LogP contribution in [0.4, 0.5) is 5.82 Å². The van der Waals surface area contributed by atoms with E-state index in [-0.39, 0.29) is 11.6 Å². The lowest BCUT2D eigenvalue weighted by Gasteiger charge is -1.94. The molecule has 2 rings (SSSR count). The fourth-order valence-electron chi connectivity index (χ4n) is 1.03. The topological polar surface area (TPSA) is 77.2 Å². The molecule has 0 saturated heterocycles. The van der Waals surface area contributed by atoms with Crippen molar-refractivity contribution in [3.8, 4) is 5.75 Å². The predicted molar refractivity (Wildman–Crippen MR) is 46.0 cm³/mol. The van der Waals surface area contributed by atoms with Gasteiger partial charge in [0.1, 0.15) is 4.83 Å². The molecule has 11 heavy (non-hydrogen) atoms. The number of rotatable bonds is 0. The average Bonchev–Trinajstić information content (AvgIpc) is 2.53. The first-order valence-electron chi connectivity index (χ1n) is 3.03. The largest absolute Gasteiger partial charge is 0.504 e. The normalized spacial score (nSPS) is 10.9. The Morgan fingerprint density at radius 2 is 2.27 bits per heavy atom. The molecule has 0 atom stereocenters. The van der Waals surface area contributed by atoms with Crippen molar-refractivity contribution in [3.05, 3.63) is 11.4 Å². The van der Waals surface area contributed by atoms with Crippen LogP contribution in [0.2, 0.25) is 0 Å². The van der Waals surface area contributed by atoms with Crippen LogP contribution in [-0.4, -0.2) is 9.78 Å². The van der Waals surface area contributed by atoms with Gasteiger partial charge in [0.05, 0.1) is 5.39 Å². The number of hydrogen-bond donors (Lipinski definition) is 3. The Hall–Kier alpha value is -1.36. The van der Waals surface area contributed by atoms with E-state index in [0.717, 1.165) is 10.2 Å². The molecule has 0 unspecified atom stereocenters. The number of hydrogen-bond acceptors (Lipinski definition) is 4. The summed E-state index contributed by atoms with van der Waals surface area (Å²) in [4.78, 5) is 0.792. The highest BCUT2D eigenvalue weighted by molar-refractivity contribution is 7.16. The molecular formula is C6H7N3OS. The van der Waals surface area contributed by atoms with Crippen LogP contribution >= 0.6 is 11.3 Å². The Morgan fingerprint density at radius 3 is 2.91 bits per heavy atom. The number of aromatic nitrogens is 1. The SMILES string of the molecule is Nc1c(O)c2ccsc2n1N. The molecule has 0 radical (unpaired) electrons. The highest BCUT2D eigenvalue weighted by Crippen LogP contribution is 2.35. The Kier molecular flexibility index (Phi) is 1.05. The second-order valence-corrected chi connectivity index (χ2v) is 3.14. The lowest BCUT2D eigenvalue weighted by molar-refractivity contribution is 0.483. The molecular weight excluding hydrogens is 162 g/mol. The third kappa shape index (κ3) is 0.627. The first-order valence-corrected chi connectivity index (χ1v) is 3.91. The monoisotopic (exact) mass is 169 g/mol. The van der Waals surface area contributed by atoms with Crippen molar-refractivity contribution in [3.63, 3.8) is 0 Å². The predicted octanol–water partition coefficient (Wildman–Crippen LogP) is 0.704. The van der Waals surface area contributed by atoms with Gasteiger partial charge in [0.2, 0.25) is 0 Å². The zero-order chi connectivity index (χ0) is 8.01. The van der Waals surface area contributed by atoms with Crippen molar-refractivity contribution in [2.45, 2.75) is 0 Å². The minimum absolute atomic E-state index is 0.0729. The summed E-state index contributed by atoms with van der Waals surface area (Å²) in [6.07, 6.45) is 0. The van der Waals surface area contributed by atoms with E-state index >= 15 is 0 Å². The third-order valence-electron chi connectivity index (χ3n) is 1.62. The van der Waals surface area contributed by atoms with Gasteiger partial charge >= 0.3 is 0 Å². The summed E-state index contributed by atoms with van der Waals surface area (Å²) >= 11 is 1.45. The minimum atomic E-state index is 0.0729. The molecule has 0 bridgehead atoms. The van der Waals surface area contributed by atoms with E-state index in [1.807, 2.05) is 5.38 Å². The van der Waals surface area contributed by atoms with Gasteiger partial charge in [0.15, 0.2) is 11.6 Å². The van der Waals surface area contributed by atoms with Crippen LogP contribution in [0.15, 0.2) is 11.4 Å². The number of aromatic hydroxyl groups is 1. The third-order valence-corrected chi connectivity index (χ3v) is 2.53. The van der Waals surface area contributed by atoms with Crippen molar-refractivity contribution >= 4 is 27.4 Å². The van der Waals surface area contributed by atoms with Crippen molar-refractivity contribution in [2.75, 3.05) is 11.6 Å². The Morgan fingerprint density at radius 1 is 1.55 bits per heavy atom. The number of anilines is 1. The Balaban J connectivity index is 3.00. The van der Waals surface area contributed by atoms with Gasteiger partial charge in [-0.2, -0.15) is 0 Å². The molecule has 0 aliphatic carbocycles. The average molecular weight is 169 g/mol. The van der Waals surface area contributed by atoms with Gasteiger partial charge in [0.25, 0.3) is 0 Å². The molecule has 5 heteroatoms. The summed E-state index contributed by atoms with van der Waals surface area (Å²) in [5, 5.41) is 11.9. The summed E-state index contributed by atoms with van der Waals surface area (Å²) < 4.78 is 1.29. The lowest BCUT2D eigenvalue weighted by atomic mass is 10.4. The maximum atomic E-state index is 9.35. The molecule has 2 aromatic rings. The maximum absolute atomic E-state index is 9.35. The summed E-state index contributed by atoms with van der Waals surface area (Å²) in [7, 11) is 0. The second-order valence-electron chi connectivity index (χ2n) is 2.24. The van der Waals surface area contributed by atoms with Crippen LogP contribution in [0.5, 0.6) is 5.75 Å². The van der Waals surface area contributed by atoms with Gasteiger partial charge in [-0.05, 0) is 11.4 Å². The molecule has 0 aliphatic heterocycles. The van der Waals surface area contributed by atoms with E-state index in [2.05, 4.69) is 0 Å². The van der Waals surface area contributed by atoms with Crippen LogP contribution in [0.1, 0.15) is 0 Å². The van der Waals surface area contributed by atoms with Crippen molar-refractivity contribution in [1.82, 2.24) is 4.68 Å². The smallest absolute Gasteiger partial charge is 0.168 e. The summed E-state index contributed by atoms with van der Waals surface area (Å²) in [5.41, 5.74) is 5.45. The molecule has 4 nitrogen and oxygen atoms in total. The van der Waals surface area contributed by atoms with E-state index in [1.54, 1.807) is 6.07 Å². The van der Waals surface area contributed by atoms with E-state index in [9.17, 15) is 5.11 Å². The van der Waals surface area contributed by atoms with Gasteiger partial charge < -0.3 is 16.7 Å². The standard InChI is InChI=1S/C6H7N3OS/c7-5-4(10)3-1-2-11-6(3)9(5)8/h1-2,10H,7-8H2. The molecule has 0 amide bonds. The van der Waals surface area contributed by atoms with Crippen molar-refractivity contribution in [2.24, 2.45) is 0 Å². The summed E-state index contributed by atoms with van der Waals surface area (Å²) in [5.74, 6) is 5.81. The zero-order valence-electron chi connectivity index (χ0n) is 5.61. The van der Waals surface area contributed by atoms with Gasteiger partial charge in [-0.1, -0.05) is 0 Å². The van der Waals surface area contributed by atoms with Crippen LogP contribution in [0.3, 0.4) is 0 Å². The Bertz CT molecular complexity index is 369. The van der Waals surface area contributed by atoms with Crippen LogP contribution in [0, 0.1) is 0 Å². The number of nitrogen functional groups attached to an aromatic ring is 2.